The Bertz CT molecular complexity index is 822. The van der Waals surface area contributed by atoms with E-state index in [0.717, 1.165) is 67.9 Å². The van der Waals surface area contributed by atoms with Crippen LogP contribution in [0.5, 0.6) is 5.75 Å². The predicted octanol–water partition coefficient (Wildman–Crippen LogP) is 3.58. The van der Waals surface area contributed by atoms with Gasteiger partial charge in [0, 0.05) is 37.8 Å². The Morgan fingerprint density at radius 1 is 1.23 bits per heavy atom. The minimum atomic E-state index is 0.110. The number of pyridine rings is 1. The number of aryl methyl sites for hydroxylation is 1. The van der Waals surface area contributed by atoms with Crippen LogP contribution in [0.4, 0.5) is 0 Å². The number of ether oxygens (including phenoxy) is 2. The van der Waals surface area contributed by atoms with Gasteiger partial charge < -0.3 is 14.4 Å². The molecule has 0 aliphatic carbocycles. The van der Waals surface area contributed by atoms with Crippen molar-refractivity contribution in [1.29, 1.82) is 0 Å². The number of carbonyl (C=O) groups is 1. The van der Waals surface area contributed by atoms with Crippen LogP contribution >= 0.6 is 0 Å². The lowest BCUT2D eigenvalue weighted by molar-refractivity contribution is -0.0229. The maximum absolute atomic E-state index is 13.2. The van der Waals surface area contributed by atoms with Crippen molar-refractivity contribution in [3.05, 3.63) is 35.5 Å². The molecule has 1 spiro atoms. The Morgan fingerprint density at radius 2 is 2.04 bits per heavy atom. The summed E-state index contributed by atoms with van der Waals surface area (Å²) >= 11 is 0. The summed E-state index contributed by atoms with van der Waals surface area (Å²) in [5.41, 5.74) is 2.60. The zero-order valence-corrected chi connectivity index (χ0v) is 15.6. The number of nitrogens with zero attached hydrogens (tertiary/aromatic N) is 2. The fraction of sp³-hybridized carbons (Fsp3) is 0.524. The summed E-state index contributed by atoms with van der Waals surface area (Å²) in [6.07, 6.45) is 4.40. The van der Waals surface area contributed by atoms with Gasteiger partial charge in [-0.15, -0.1) is 0 Å². The minimum absolute atomic E-state index is 0.110. The van der Waals surface area contributed by atoms with E-state index in [-0.39, 0.29) is 11.3 Å². The first-order valence-corrected chi connectivity index (χ1v) is 9.43. The quantitative estimate of drug-likeness (QED) is 0.827. The number of carbonyl (C=O) groups excluding carboxylic acids is 1. The Balaban J connectivity index is 1.62. The summed E-state index contributed by atoms with van der Waals surface area (Å²) in [6.45, 7) is 5.23. The van der Waals surface area contributed by atoms with Crippen LogP contribution in [0.3, 0.4) is 0 Å². The average molecular weight is 354 g/mol. The van der Waals surface area contributed by atoms with Crippen molar-refractivity contribution in [3.63, 3.8) is 0 Å². The van der Waals surface area contributed by atoms with E-state index in [2.05, 4.69) is 4.98 Å². The highest BCUT2D eigenvalue weighted by Gasteiger charge is 2.38. The number of amides is 1. The van der Waals surface area contributed by atoms with Crippen LogP contribution in [0.1, 0.15) is 41.7 Å². The molecule has 0 radical (unpaired) electrons. The lowest BCUT2D eigenvalue weighted by Gasteiger charge is -2.45. The van der Waals surface area contributed by atoms with Gasteiger partial charge >= 0.3 is 0 Å². The fourth-order valence-corrected chi connectivity index (χ4v) is 4.35. The van der Waals surface area contributed by atoms with E-state index in [4.69, 9.17) is 9.47 Å². The number of piperidine rings is 1. The normalized spacial score (nSPS) is 19.7. The molecule has 1 aromatic carbocycles. The predicted molar refractivity (Wildman–Crippen MR) is 101 cm³/mol. The lowest BCUT2D eigenvalue weighted by Crippen LogP contribution is -2.48. The van der Waals surface area contributed by atoms with Gasteiger partial charge in [-0.3, -0.25) is 9.78 Å². The highest BCUT2D eigenvalue weighted by molar-refractivity contribution is 5.98. The molecule has 138 valence electrons. The van der Waals surface area contributed by atoms with Crippen molar-refractivity contribution in [3.8, 4) is 5.75 Å². The molecule has 2 saturated heterocycles. The van der Waals surface area contributed by atoms with Crippen molar-refractivity contribution in [2.45, 2.75) is 32.6 Å². The smallest absolute Gasteiger partial charge is 0.255 e. The number of hydrogen-bond donors (Lipinski definition) is 0. The SMILES string of the molecule is COc1ccc2cc(C(=O)N3CCCC4(CCOCC4)C3)c(C)nc2c1. The molecule has 0 saturated carbocycles. The van der Waals surface area contributed by atoms with Crippen molar-refractivity contribution in [2.24, 2.45) is 5.41 Å². The molecule has 2 fully saturated rings. The highest BCUT2D eigenvalue weighted by atomic mass is 16.5. The Hall–Kier alpha value is -2.14. The van der Waals surface area contributed by atoms with Crippen LogP contribution in [0.25, 0.3) is 10.9 Å². The van der Waals surface area contributed by atoms with Crippen molar-refractivity contribution in [2.75, 3.05) is 33.4 Å². The summed E-state index contributed by atoms with van der Waals surface area (Å²) in [5, 5.41) is 0.970. The molecule has 3 heterocycles. The topological polar surface area (TPSA) is 51.7 Å². The summed E-state index contributed by atoms with van der Waals surface area (Å²) in [7, 11) is 1.65. The molecule has 1 aromatic heterocycles. The van der Waals surface area contributed by atoms with E-state index < -0.39 is 0 Å². The second-order valence-electron chi connectivity index (χ2n) is 7.62. The second-order valence-corrected chi connectivity index (χ2v) is 7.62. The van der Waals surface area contributed by atoms with E-state index in [9.17, 15) is 4.79 Å². The zero-order chi connectivity index (χ0) is 18.1. The summed E-state index contributed by atoms with van der Waals surface area (Å²) in [4.78, 5) is 19.9. The molecular formula is C21H26N2O3. The Morgan fingerprint density at radius 3 is 2.81 bits per heavy atom. The van der Waals surface area contributed by atoms with E-state index >= 15 is 0 Å². The number of benzene rings is 1. The average Bonchev–Trinajstić information content (AvgIpc) is 2.67. The Labute approximate surface area is 154 Å². The summed E-state index contributed by atoms with van der Waals surface area (Å²) in [5.74, 6) is 0.888. The molecule has 0 bridgehead atoms. The molecule has 2 aliphatic heterocycles. The first kappa shape index (κ1) is 17.3. The molecule has 2 aromatic rings. The van der Waals surface area contributed by atoms with Gasteiger partial charge in [-0.05, 0) is 56.2 Å². The molecule has 5 nitrogen and oxygen atoms in total. The van der Waals surface area contributed by atoms with Crippen LogP contribution in [-0.4, -0.2) is 49.2 Å². The Kier molecular flexibility index (Phi) is 4.57. The lowest BCUT2D eigenvalue weighted by atomic mass is 9.74. The largest absolute Gasteiger partial charge is 0.497 e. The fourth-order valence-electron chi connectivity index (χ4n) is 4.35. The third-order valence-electron chi connectivity index (χ3n) is 5.95. The number of rotatable bonds is 2. The van der Waals surface area contributed by atoms with Crippen LogP contribution in [-0.2, 0) is 4.74 Å². The molecule has 2 aliphatic rings. The van der Waals surface area contributed by atoms with E-state index in [1.807, 2.05) is 36.1 Å². The van der Waals surface area contributed by atoms with Crippen molar-refractivity contribution < 1.29 is 14.3 Å². The van der Waals surface area contributed by atoms with Gasteiger partial charge in [0.25, 0.3) is 5.91 Å². The molecule has 0 unspecified atom stereocenters. The number of aromatic nitrogens is 1. The third kappa shape index (κ3) is 3.16. The van der Waals surface area contributed by atoms with Gasteiger partial charge in [0.15, 0.2) is 0 Å². The van der Waals surface area contributed by atoms with Crippen molar-refractivity contribution >= 4 is 16.8 Å². The maximum atomic E-state index is 13.2. The van der Waals surface area contributed by atoms with Crippen LogP contribution in [0.2, 0.25) is 0 Å². The molecule has 4 rings (SSSR count). The second kappa shape index (κ2) is 6.88. The van der Waals surface area contributed by atoms with E-state index in [1.165, 1.54) is 6.42 Å². The molecule has 26 heavy (non-hydrogen) atoms. The first-order valence-electron chi connectivity index (χ1n) is 9.43. The molecule has 0 N–H and O–H groups in total. The summed E-state index contributed by atoms with van der Waals surface area (Å²) < 4.78 is 10.8. The molecule has 5 heteroatoms. The van der Waals surface area contributed by atoms with Crippen LogP contribution < -0.4 is 4.74 Å². The number of fused-ring (bicyclic) bond motifs is 1. The highest BCUT2D eigenvalue weighted by Crippen LogP contribution is 2.39. The van der Waals surface area contributed by atoms with Gasteiger partial charge in [-0.2, -0.15) is 0 Å². The number of likely N-dealkylation sites (tertiary alicyclic amines) is 1. The van der Waals surface area contributed by atoms with Gasteiger partial charge in [0.2, 0.25) is 0 Å². The molecule has 1 amide bonds. The number of hydrogen-bond acceptors (Lipinski definition) is 4. The van der Waals surface area contributed by atoms with Gasteiger partial charge in [0.05, 0.1) is 23.9 Å². The van der Waals surface area contributed by atoms with E-state index in [1.54, 1.807) is 7.11 Å². The van der Waals surface area contributed by atoms with Gasteiger partial charge in [0.1, 0.15) is 5.75 Å². The molecular weight excluding hydrogens is 328 g/mol. The summed E-state index contributed by atoms with van der Waals surface area (Å²) in [6, 6.07) is 7.76. The van der Waals surface area contributed by atoms with Crippen molar-refractivity contribution in [1.82, 2.24) is 9.88 Å². The van der Waals surface area contributed by atoms with Gasteiger partial charge in [-0.25, -0.2) is 0 Å². The van der Waals surface area contributed by atoms with Crippen LogP contribution in [0, 0.1) is 12.3 Å². The van der Waals surface area contributed by atoms with Crippen LogP contribution in [0.15, 0.2) is 24.3 Å². The minimum Gasteiger partial charge on any atom is -0.497 e. The number of methoxy groups -OCH3 is 1. The maximum Gasteiger partial charge on any atom is 0.255 e. The van der Waals surface area contributed by atoms with E-state index in [0.29, 0.717) is 5.56 Å². The zero-order valence-electron chi connectivity index (χ0n) is 15.6. The monoisotopic (exact) mass is 354 g/mol. The first-order chi connectivity index (χ1) is 12.6. The molecule has 0 atom stereocenters. The standard InChI is InChI=1S/C21H26N2O3/c1-15-18(12-16-4-5-17(25-2)13-19(16)22-15)20(24)23-9-3-6-21(14-23)7-10-26-11-8-21/h4-5,12-13H,3,6-11,14H2,1-2H3. The van der Waals surface area contributed by atoms with Gasteiger partial charge in [-0.1, -0.05) is 0 Å². The third-order valence-corrected chi connectivity index (χ3v) is 5.95.